The number of hydrogen-bond donors (Lipinski definition) is 4. The van der Waals surface area contributed by atoms with Crippen LogP contribution >= 0.6 is 0 Å². The average Bonchev–Trinajstić information content (AvgIpc) is 2.74. The van der Waals surface area contributed by atoms with E-state index >= 15 is 0 Å². The standard InChI is InChI=1S/C30H46O6/c1-16-14-21(33)30(24(34)35)13-12-27(5)17(22(30)29(16,7)36)8-9-19-26(4)11-10-20(32)25(2,3)23(26)18(31)15-28(19,27)6/h8,16,18-19,21-23,31,33,36H,9-15H2,1-7H3,(H,34,35)/t16-,18-,19-,21+,22-,23+,26-,27-,28-,29-,30-/m1/s1. The van der Waals surface area contributed by atoms with Gasteiger partial charge in [0.05, 0.1) is 17.8 Å². The van der Waals surface area contributed by atoms with Crippen molar-refractivity contribution in [2.24, 2.45) is 50.7 Å². The molecule has 6 nitrogen and oxygen atoms in total. The van der Waals surface area contributed by atoms with Crippen molar-refractivity contribution in [2.75, 3.05) is 0 Å². The minimum Gasteiger partial charge on any atom is -0.481 e. The lowest BCUT2D eigenvalue weighted by molar-refractivity contribution is -0.240. The molecule has 0 aliphatic heterocycles. The van der Waals surface area contributed by atoms with E-state index < -0.39 is 45.9 Å². The minimum absolute atomic E-state index is 0.121. The molecule has 4 saturated carbocycles. The van der Waals surface area contributed by atoms with Crippen LogP contribution in [0.5, 0.6) is 0 Å². The molecule has 0 radical (unpaired) electrons. The van der Waals surface area contributed by atoms with Gasteiger partial charge in [0.25, 0.3) is 0 Å². The number of aliphatic carboxylic acids is 1. The Hall–Kier alpha value is -1.24. The van der Waals surface area contributed by atoms with Crippen molar-refractivity contribution >= 4 is 11.8 Å². The van der Waals surface area contributed by atoms with E-state index in [0.717, 1.165) is 18.4 Å². The number of carbonyl (C=O) groups excluding carboxylic acids is 1. The van der Waals surface area contributed by atoms with Gasteiger partial charge < -0.3 is 20.4 Å². The molecule has 4 fully saturated rings. The SMILES string of the molecule is C[C@@H]1C[C@H](O)[C@]2(C(=O)O)CC[C@]3(C)C(=CC[C@@H]4[C@@]5(C)CCC(=O)C(C)(C)[C@@H]5[C@H](O)C[C@]43C)[C@@H]2[C@]1(C)O. The van der Waals surface area contributed by atoms with Crippen molar-refractivity contribution in [2.45, 2.75) is 111 Å². The lowest BCUT2D eigenvalue weighted by Gasteiger charge is -2.72. The van der Waals surface area contributed by atoms with Gasteiger partial charge in [-0.05, 0) is 73.5 Å². The normalized spacial score (nSPS) is 55.9. The maximum atomic E-state index is 12.9. The van der Waals surface area contributed by atoms with E-state index in [1.807, 2.05) is 20.8 Å². The molecule has 0 saturated heterocycles. The van der Waals surface area contributed by atoms with E-state index in [1.54, 1.807) is 6.92 Å². The van der Waals surface area contributed by atoms with Crippen LogP contribution in [0, 0.1) is 50.7 Å². The smallest absolute Gasteiger partial charge is 0.313 e. The van der Waals surface area contributed by atoms with E-state index in [4.69, 9.17) is 0 Å². The Balaban J connectivity index is 1.69. The molecule has 0 unspecified atom stereocenters. The van der Waals surface area contributed by atoms with Crippen LogP contribution in [-0.4, -0.2) is 50.0 Å². The second-order valence-electron chi connectivity index (χ2n) is 14.8. The lowest BCUT2D eigenvalue weighted by Crippen LogP contribution is -2.71. The van der Waals surface area contributed by atoms with Gasteiger partial charge in [-0.2, -0.15) is 0 Å². The van der Waals surface area contributed by atoms with Crippen molar-refractivity contribution in [3.63, 3.8) is 0 Å². The van der Waals surface area contributed by atoms with E-state index in [9.17, 15) is 30.0 Å². The van der Waals surface area contributed by atoms with Crippen molar-refractivity contribution < 1.29 is 30.0 Å². The molecule has 0 spiro atoms. The molecule has 0 heterocycles. The lowest BCUT2D eigenvalue weighted by atomic mass is 9.32. The molecule has 0 amide bonds. The molecule has 6 heteroatoms. The summed E-state index contributed by atoms with van der Waals surface area (Å²) in [5.41, 5.74) is -3.29. The number of fused-ring (bicyclic) bond motifs is 7. The first-order chi connectivity index (χ1) is 16.4. The van der Waals surface area contributed by atoms with Gasteiger partial charge in [0.1, 0.15) is 11.2 Å². The predicted octanol–water partition coefficient (Wildman–Crippen LogP) is 4.35. The number of carbonyl (C=O) groups is 2. The zero-order valence-electron chi connectivity index (χ0n) is 23.1. The summed E-state index contributed by atoms with van der Waals surface area (Å²) >= 11 is 0. The molecule has 0 aromatic carbocycles. The van der Waals surface area contributed by atoms with Crippen LogP contribution in [0.4, 0.5) is 0 Å². The van der Waals surface area contributed by atoms with Gasteiger partial charge in [0.15, 0.2) is 0 Å². The molecule has 5 rings (SSSR count). The summed E-state index contributed by atoms with van der Waals surface area (Å²) in [5, 5.41) is 45.4. The number of Topliss-reactive ketones (excluding diaryl/α,β-unsaturated/α-hetero) is 1. The first-order valence-corrected chi connectivity index (χ1v) is 14.0. The maximum absolute atomic E-state index is 12.9. The number of hydrogen-bond acceptors (Lipinski definition) is 5. The molecule has 4 N–H and O–H groups in total. The average molecular weight is 503 g/mol. The van der Waals surface area contributed by atoms with Crippen molar-refractivity contribution in [1.82, 2.24) is 0 Å². The predicted molar refractivity (Wildman–Crippen MR) is 136 cm³/mol. The summed E-state index contributed by atoms with van der Waals surface area (Å²) in [6.45, 7) is 14.4. The number of ketones is 1. The molecule has 5 aliphatic carbocycles. The third-order valence-electron chi connectivity index (χ3n) is 13.2. The van der Waals surface area contributed by atoms with Crippen LogP contribution in [0.1, 0.15) is 93.4 Å². The highest BCUT2D eigenvalue weighted by atomic mass is 16.4. The Morgan fingerprint density at radius 1 is 1.03 bits per heavy atom. The Morgan fingerprint density at radius 2 is 1.67 bits per heavy atom. The molecular formula is C30H46O6. The highest BCUT2D eigenvalue weighted by Gasteiger charge is 2.74. The molecule has 36 heavy (non-hydrogen) atoms. The Bertz CT molecular complexity index is 1030. The first-order valence-electron chi connectivity index (χ1n) is 14.0. The second-order valence-corrected chi connectivity index (χ2v) is 14.8. The van der Waals surface area contributed by atoms with Crippen molar-refractivity contribution in [3.8, 4) is 0 Å². The van der Waals surface area contributed by atoms with E-state index in [2.05, 4.69) is 26.8 Å². The number of aliphatic hydroxyl groups is 3. The van der Waals surface area contributed by atoms with Gasteiger partial charge in [-0.15, -0.1) is 0 Å². The summed E-state index contributed by atoms with van der Waals surface area (Å²) < 4.78 is 0. The highest BCUT2D eigenvalue weighted by molar-refractivity contribution is 5.85. The van der Waals surface area contributed by atoms with E-state index in [1.165, 1.54) is 0 Å². The number of aliphatic hydroxyl groups excluding tert-OH is 2. The van der Waals surface area contributed by atoms with Crippen molar-refractivity contribution in [3.05, 3.63) is 11.6 Å². The summed E-state index contributed by atoms with van der Waals surface area (Å²) in [4.78, 5) is 25.8. The summed E-state index contributed by atoms with van der Waals surface area (Å²) in [6, 6.07) is 0. The summed E-state index contributed by atoms with van der Waals surface area (Å²) in [5.74, 6) is -1.62. The third-order valence-corrected chi connectivity index (χ3v) is 13.2. The molecule has 202 valence electrons. The Labute approximate surface area is 215 Å². The van der Waals surface area contributed by atoms with Gasteiger partial charge in [-0.1, -0.05) is 53.2 Å². The number of rotatable bonds is 1. The van der Waals surface area contributed by atoms with E-state index in [0.29, 0.717) is 25.7 Å². The second kappa shape index (κ2) is 7.45. The van der Waals surface area contributed by atoms with Crippen LogP contribution in [0.15, 0.2) is 11.6 Å². The Morgan fingerprint density at radius 3 is 2.28 bits per heavy atom. The quantitative estimate of drug-likeness (QED) is 0.396. The fourth-order valence-electron chi connectivity index (χ4n) is 10.9. The summed E-state index contributed by atoms with van der Waals surface area (Å²) in [6.07, 6.45) is 4.28. The molecule has 0 bridgehead atoms. The van der Waals surface area contributed by atoms with Gasteiger partial charge in [-0.25, -0.2) is 0 Å². The van der Waals surface area contributed by atoms with Crippen LogP contribution in [-0.2, 0) is 9.59 Å². The maximum Gasteiger partial charge on any atom is 0.313 e. The van der Waals surface area contributed by atoms with Gasteiger partial charge >= 0.3 is 5.97 Å². The first kappa shape index (κ1) is 26.4. The van der Waals surface area contributed by atoms with Crippen molar-refractivity contribution in [1.29, 1.82) is 0 Å². The third kappa shape index (κ3) is 2.79. The van der Waals surface area contributed by atoms with Crippen LogP contribution in [0.25, 0.3) is 0 Å². The zero-order valence-corrected chi connectivity index (χ0v) is 23.1. The Kier molecular flexibility index (Phi) is 5.45. The van der Waals surface area contributed by atoms with Crippen LogP contribution < -0.4 is 0 Å². The largest absolute Gasteiger partial charge is 0.481 e. The van der Waals surface area contributed by atoms with Crippen LogP contribution in [0.2, 0.25) is 0 Å². The fraction of sp³-hybridized carbons (Fsp3) is 0.867. The molecule has 11 atom stereocenters. The molecule has 0 aromatic rings. The van der Waals surface area contributed by atoms with E-state index in [-0.39, 0.29) is 40.8 Å². The molecular weight excluding hydrogens is 456 g/mol. The zero-order chi connectivity index (χ0) is 26.9. The van der Waals surface area contributed by atoms with Gasteiger partial charge in [0, 0.05) is 23.7 Å². The number of carboxylic acid groups (broad SMARTS) is 1. The van der Waals surface area contributed by atoms with Gasteiger partial charge in [-0.3, -0.25) is 9.59 Å². The fourth-order valence-corrected chi connectivity index (χ4v) is 10.9. The molecule has 0 aromatic heterocycles. The number of carboxylic acids is 1. The topological polar surface area (TPSA) is 115 Å². The van der Waals surface area contributed by atoms with Gasteiger partial charge in [0.2, 0.25) is 0 Å². The number of allylic oxidation sites excluding steroid dienone is 1. The highest BCUT2D eigenvalue weighted by Crippen LogP contribution is 2.75. The minimum atomic E-state index is -1.41. The monoisotopic (exact) mass is 502 g/mol. The summed E-state index contributed by atoms with van der Waals surface area (Å²) in [7, 11) is 0. The van der Waals surface area contributed by atoms with Crippen LogP contribution in [0.3, 0.4) is 0 Å². The molecule has 5 aliphatic rings.